The van der Waals surface area contributed by atoms with Gasteiger partial charge < -0.3 is 4.74 Å². The lowest BCUT2D eigenvalue weighted by Gasteiger charge is -2.19. The molecule has 21 heavy (non-hydrogen) atoms. The largest absolute Gasteiger partial charge is 0.444 e. The smallest absolute Gasteiger partial charge is 0.412 e. The SMILES string of the molecule is Cc1c(NC(=O)OC(C)(C)C)csc1-c1ccc(Br)cc1. The highest BCUT2D eigenvalue weighted by atomic mass is 79.9. The van der Waals surface area contributed by atoms with E-state index in [1.807, 2.05) is 45.2 Å². The van der Waals surface area contributed by atoms with E-state index in [-0.39, 0.29) is 0 Å². The molecule has 1 amide bonds. The molecule has 0 radical (unpaired) electrons. The molecule has 0 unspecified atom stereocenters. The van der Waals surface area contributed by atoms with Crippen LogP contribution in [-0.2, 0) is 4.74 Å². The number of hydrogen-bond acceptors (Lipinski definition) is 3. The molecule has 0 atom stereocenters. The molecule has 1 aromatic heterocycles. The molecule has 0 fully saturated rings. The summed E-state index contributed by atoms with van der Waals surface area (Å²) < 4.78 is 6.32. The van der Waals surface area contributed by atoms with Gasteiger partial charge in [0.15, 0.2) is 0 Å². The fraction of sp³-hybridized carbons (Fsp3) is 0.312. The summed E-state index contributed by atoms with van der Waals surface area (Å²) >= 11 is 5.04. The summed E-state index contributed by atoms with van der Waals surface area (Å²) in [6, 6.07) is 8.13. The predicted octanol–water partition coefficient (Wildman–Crippen LogP) is 5.83. The zero-order valence-corrected chi connectivity index (χ0v) is 14.9. The summed E-state index contributed by atoms with van der Waals surface area (Å²) in [5.41, 5.74) is 2.49. The van der Waals surface area contributed by atoms with Crippen molar-refractivity contribution < 1.29 is 9.53 Å². The molecule has 0 spiro atoms. The molecule has 0 aliphatic rings. The molecule has 0 aliphatic heterocycles. The lowest BCUT2D eigenvalue weighted by molar-refractivity contribution is 0.0636. The second kappa shape index (κ2) is 6.20. The van der Waals surface area contributed by atoms with E-state index >= 15 is 0 Å². The van der Waals surface area contributed by atoms with Crippen LogP contribution in [-0.4, -0.2) is 11.7 Å². The van der Waals surface area contributed by atoms with E-state index in [0.29, 0.717) is 0 Å². The van der Waals surface area contributed by atoms with Crippen molar-refractivity contribution in [2.24, 2.45) is 0 Å². The first-order chi connectivity index (χ1) is 9.76. The lowest BCUT2D eigenvalue weighted by Crippen LogP contribution is -2.27. The van der Waals surface area contributed by atoms with E-state index < -0.39 is 11.7 Å². The van der Waals surface area contributed by atoms with Crippen molar-refractivity contribution in [3.63, 3.8) is 0 Å². The van der Waals surface area contributed by atoms with Crippen molar-refractivity contribution in [2.75, 3.05) is 5.32 Å². The average Bonchev–Trinajstić information content (AvgIpc) is 2.70. The Bertz CT molecular complexity index is 641. The van der Waals surface area contributed by atoms with Crippen molar-refractivity contribution >= 4 is 39.0 Å². The number of carbonyl (C=O) groups excluding carboxylic acids is 1. The second-order valence-corrected chi connectivity index (χ2v) is 7.53. The Labute approximate surface area is 137 Å². The lowest BCUT2D eigenvalue weighted by atomic mass is 10.1. The molecule has 2 rings (SSSR count). The normalized spacial score (nSPS) is 11.3. The van der Waals surface area contributed by atoms with Crippen LogP contribution >= 0.6 is 27.3 Å². The summed E-state index contributed by atoms with van der Waals surface area (Å²) in [5, 5.41) is 4.75. The standard InChI is InChI=1S/C16H18BrNO2S/c1-10-13(18-15(19)20-16(2,3)4)9-21-14(10)11-5-7-12(17)8-6-11/h5-9H,1-4H3,(H,18,19). The summed E-state index contributed by atoms with van der Waals surface area (Å²) in [5.74, 6) is 0. The quantitative estimate of drug-likeness (QED) is 0.724. The number of anilines is 1. The molecule has 5 heteroatoms. The van der Waals surface area contributed by atoms with Crippen LogP contribution < -0.4 is 5.32 Å². The molecule has 0 saturated heterocycles. The van der Waals surface area contributed by atoms with Crippen molar-refractivity contribution in [3.05, 3.63) is 39.7 Å². The Kier molecular flexibility index (Phi) is 4.74. The zero-order chi connectivity index (χ0) is 15.6. The molecular weight excluding hydrogens is 350 g/mol. The molecule has 0 bridgehead atoms. The van der Waals surface area contributed by atoms with Crippen molar-refractivity contribution in [1.29, 1.82) is 0 Å². The number of ether oxygens (including phenoxy) is 1. The number of nitrogens with one attached hydrogen (secondary N) is 1. The molecule has 112 valence electrons. The average molecular weight is 368 g/mol. The van der Waals surface area contributed by atoms with E-state index in [1.54, 1.807) is 11.3 Å². The Morgan fingerprint density at radius 3 is 2.43 bits per heavy atom. The Morgan fingerprint density at radius 2 is 1.86 bits per heavy atom. The van der Waals surface area contributed by atoms with E-state index in [0.717, 1.165) is 26.2 Å². The molecule has 0 aliphatic carbocycles. The third kappa shape index (κ3) is 4.32. The van der Waals surface area contributed by atoms with E-state index in [1.165, 1.54) is 0 Å². The third-order valence-electron chi connectivity index (χ3n) is 2.78. The van der Waals surface area contributed by atoms with Gasteiger partial charge in [-0.15, -0.1) is 11.3 Å². The molecule has 1 N–H and O–H groups in total. The zero-order valence-electron chi connectivity index (χ0n) is 12.5. The van der Waals surface area contributed by atoms with Crippen LogP contribution in [0, 0.1) is 6.92 Å². The van der Waals surface area contributed by atoms with Crippen LogP contribution in [0.25, 0.3) is 10.4 Å². The first-order valence-electron chi connectivity index (χ1n) is 6.60. The van der Waals surface area contributed by atoms with Crippen LogP contribution in [0.2, 0.25) is 0 Å². The number of hydrogen-bond donors (Lipinski definition) is 1. The van der Waals surface area contributed by atoms with Gasteiger partial charge in [-0.25, -0.2) is 4.79 Å². The molecule has 1 heterocycles. The number of halogens is 1. The van der Waals surface area contributed by atoms with Crippen molar-refractivity contribution in [3.8, 4) is 10.4 Å². The first-order valence-corrected chi connectivity index (χ1v) is 8.27. The van der Waals surface area contributed by atoms with Crippen LogP contribution in [0.5, 0.6) is 0 Å². The molecule has 1 aromatic carbocycles. The van der Waals surface area contributed by atoms with E-state index in [4.69, 9.17) is 4.74 Å². The highest BCUT2D eigenvalue weighted by Crippen LogP contribution is 2.35. The third-order valence-corrected chi connectivity index (χ3v) is 4.44. The second-order valence-electron chi connectivity index (χ2n) is 5.74. The van der Waals surface area contributed by atoms with Gasteiger partial charge in [0.2, 0.25) is 0 Å². The Hall–Kier alpha value is -1.33. The Morgan fingerprint density at radius 1 is 1.24 bits per heavy atom. The number of benzene rings is 1. The number of carbonyl (C=O) groups is 1. The molecular formula is C16H18BrNO2S. The molecule has 0 saturated carbocycles. The van der Waals surface area contributed by atoms with Gasteiger partial charge in [-0.05, 0) is 51.0 Å². The van der Waals surface area contributed by atoms with Gasteiger partial charge in [-0.1, -0.05) is 28.1 Å². The van der Waals surface area contributed by atoms with Gasteiger partial charge >= 0.3 is 6.09 Å². The minimum Gasteiger partial charge on any atom is -0.444 e. The monoisotopic (exact) mass is 367 g/mol. The minimum atomic E-state index is -0.497. The van der Waals surface area contributed by atoms with Crippen molar-refractivity contribution in [2.45, 2.75) is 33.3 Å². The highest BCUT2D eigenvalue weighted by molar-refractivity contribution is 9.10. The van der Waals surface area contributed by atoms with Crippen LogP contribution in [0.3, 0.4) is 0 Å². The number of rotatable bonds is 2. The maximum absolute atomic E-state index is 11.8. The maximum Gasteiger partial charge on any atom is 0.412 e. The van der Waals surface area contributed by atoms with Gasteiger partial charge in [0.05, 0.1) is 5.69 Å². The number of thiophene rings is 1. The van der Waals surface area contributed by atoms with Gasteiger partial charge in [0, 0.05) is 14.7 Å². The van der Waals surface area contributed by atoms with Gasteiger partial charge in [0.1, 0.15) is 5.60 Å². The van der Waals surface area contributed by atoms with E-state index in [2.05, 4.69) is 33.4 Å². The van der Waals surface area contributed by atoms with Crippen molar-refractivity contribution in [1.82, 2.24) is 0 Å². The van der Waals surface area contributed by atoms with Gasteiger partial charge in [-0.3, -0.25) is 5.32 Å². The molecule has 3 nitrogen and oxygen atoms in total. The van der Waals surface area contributed by atoms with Crippen LogP contribution in [0.15, 0.2) is 34.1 Å². The maximum atomic E-state index is 11.8. The van der Waals surface area contributed by atoms with Crippen LogP contribution in [0.1, 0.15) is 26.3 Å². The first kappa shape index (κ1) is 16.0. The van der Waals surface area contributed by atoms with Crippen LogP contribution in [0.4, 0.5) is 10.5 Å². The van der Waals surface area contributed by atoms with Gasteiger partial charge in [-0.2, -0.15) is 0 Å². The molecule has 2 aromatic rings. The minimum absolute atomic E-state index is 0.425. The Balaban J connectivity index is 2.17. The summed E-state index contributed by atoms with van der Waals surface area (Å²) in [7, 11) is 0. The highest BCUT2D eigenvalue weighted by Gasteiger charge is 2.18. The topological polar surface area (TPSA) is 38.3 Å². The number of amides is 1. The summed E-state index contributed by atoms with van der Waals surface area (Å²) in [4.78, 5) is 13.0. The van der Waals surface area contributed by atoms with E-state index in [9.17, 15) is 4.79 Å². The predicted molar refractivity (Wildman–Crippen MR) is 92.0 cm³/mol. The fourth-order valence-corrected chi connectivity index (χ4v) is 3.13. The van der Waals surface area contributed by atoms with Gasteiger partial charge in [0.25, 0.3) is 0 Å². The fourth-order valence-electron chi connectivity index (χ4n) is 1.84. The summed E-state index contributed by atoms with van der Waals surface area (Å²) in [6.07, 6.45) is -0.425. The summed E-state index contributed by atoms with van der Waals surface area (Å²) in [6.45, 7) is 7.54.